The van der Waals surface area contributed by atoms with Crippen molar-refractivity contribution in [3.63, 3.8) is 0 Å². The molecule has 0 unspecified atom stereocenters. The molecule has 0 saturated heterocycles. The van der Waals surface area contributed by atoms with Gasteiger partial charge in [-0.2, -0.15) is 0 Å². The maximum Gasteiger partial charge on any atom is 0.285 e. The van der Waals surface area contributed by atoms with Crippen molar-refractivity contribution < 1.29 is 4.79 Å². The summed E-state index contributed by atoms with van der Waals surface area (Å²) in [6, 6.07) is 2.17. The number of carbonyl (C=O) groups is 1. The summed E-state index contributed by atoms with van der Waals surface area (Å²) in [5, 5.41) is 11.3. The molecule has 0 bridgehead atoms. The van der Waals surface area contributed by atoms with Crippen LogP contribution in [0.1, 0.15) is 39.1 Å². The lowest BCUT2D eigenvalue weighted by molar-refractivity contribution is 0.0493. The average Bonchev–Trinajstić information content (AvgIpc) is 2.94. The second-order valence-corrected chi connectivity index (χ2v) is 7.56. The number of rotatable bonds is 1. The van der Waals surface area contributed by atoms with Crippen LogP contribution in [0.5, 0.6) is 0 Å². The van der Waals surface area contributed by atoms with Crippen molar-refractivity contribution in [3.8, 4) is 0 Å². The first-order valence-electron chi connectivity index (χ1n) is 6.15. The first-order chi connectivity index (χ1) is 8.97. The summed E-state index contributed by atoms with van der Waals surface area (Å²) in [5.41, 5.74) is 1.19. The monoisotopic (exact) mass is 293 g/mol. The Bertz CT molecular complexity index is 629. The van der Waals surface area contributed by atoms with E-state index < -0.39 is 0 Å². The number of carbonyl (C=O) groups excluding carboxylic acids is 1. The van der Waals surface area contributed by atoms with Crippen molar-refractivity contribution in [2.75, 3.05) is 0 Å². The molecule has 1 aliphatic heterocycles. The SMILES string of the molecule is Cc1nnc(C(=O)N2Cc3sccc3CC2(C)C)s1. The fourth-order valence-corrected chi connectivity index (χ4v) is 3.96. The van der Waals surface area contributed by atoms with Crippen molar-refractivity contribution in [2.24, 2.45) is 0 Å². The smallest absolute Gasteiger partial charge is 0.285 e. The van der Waals surface area contributed by atoms with Crippen LogP contribution in [0.2, 0.25) is 0 Å². The molecule has 0 atom stereocenters. The molecule has 0 saturated carbocycles. The van der Waals surface area contributed by atoms with Crippen molar-refractivity contribution in [1.82, 2.24) is 15.1 Å². The first-order valence-corrected chi connectivity index (χ1v) is 7.84. The molecule has 100 valence electrons. The summed E-state index contributed by atoms with van der Waals surface area (Å²) in [6.45, 7) is 6.77. The van der Waals surface area contributed by atoms with Crippen LogP contribution in [0.15, 0.2) is 11.4 Å². The van der Waals surface area contributed by atoms with Crippen LogP contribution in [-0.4, -0.2) is 26.5 Å². The van der Waals surface area contributed by atoms with Crippen molar-refractivity contribution in [1.29, 1.82) is 0 Å². The number of aryl methyl sites for hydroxylation is 1. The van der Waals surface area contributed by atoms with E-state index in [-0.39, 0.29) is 11.4 Å². The second kappa shape index (κ2) is 4.38. The zero-order valence-electron chi connectivity index (χ0n) is 11.1. The van der Waals surface area contributed by atoms with E-state index in [1.54, 1.807) is 11.3 Å². The van der Waals surface area contributed by atoms with E-state index in [0.29, 0.717) is 11.6 Å². The van der Waals surface area contributed by atoms with Crippen LogP contribution in [0.3, 0.4) is 0 Å². The highest BCUT2D eigenvalue weighted by molar-refractivity contribution is 7.13. The van der Waals surface area contributed by atoms with Crippen molar-refractivity contribution in [3.05, 3.63) is 31.9 Å². The zero-order chi connectivity index (χ0) is 13.6. The summed E-state index contributed by atoms with van der Waals surface area (Å²) < 4.78 is 0. The zero-order valence-corrected chi connectivity index (χ0v) is 12.8. The van der Waals surface area contributed by atoms with Gasteiger partial charge in [-0.3, -0.25) is 4.79 Å². The molecular formula is C13H15N3OS2. The number of fused-ring (bicyclic) bond motifs is 1. The molecule has 19 heavy (non-hydrogen) atoms. The predicted molar refractivity (Wildman–Crippen MR) is 76.6 cm³/mol. The van der Waals surface area contributed by atoms with Crippen molar-refractivity contribution in [2.45, 2.75) is 39.3 Å². The highest BCUT2D eigenvalue weighted by atomic mass is 32.1. The number of hydrogen-bond donors (Lipinski definition) is 0. The summed E-state index contributed by atoms with van der Waals surface area (Å²) in [6.07, 6.45) is 0.898. The number of aromatic nitrogens is 2. The fourth-order valence-electron chi connectivity index (χ4n) is 2.43. The molecule has 3 rings (SSSR count). The molecule has 1 amide bonds. The minimum absolute atomic E-state index is 0.00495. The summed E-state index contributed by atoms with van der Waals surface area (Å²) in [5.74, 6) is -0.00495. The Balaban J connectivity index is 1.94. The topological polar surface area (TPSA) is 46.1 Å². The van der Waals surface area contributed by atoms with Gasteiger partial charge in [0.15, 0.2) is 0 Å². The van der Waals surface area contributed by atoms with Gasteiger partial charge in [0.1, 0.15) is 5.01 Å². The maximum atomic E-state index is 12.6. The Kier molecular flexibility index (Phi) is 2.94. The van der Waals surface area contributed by atoms with Crippen LogP contribution in [-0.2, 0) is 13.0 Å². The van der Waals surface area contributed by atoms with Crippen LogP contribution in [0.4, 0.5) is 0 Å². The summed E-state index contributed by atoms with van der Waals surface area (Å²) >= 11 is 3.08. The Morgan fingerprint density at radius 1 is 1.42 bits per heavy atom. The molecule has 2 aromatic heterocycles. The van der Waals surface area contributed by atoms with E-state index in [9.17, 15) is 4.79 Å². The minimum atomic E-state index is -0.176. The molecule has 0 fully saturated rings. The Labute approximate surface area is 120 Å². The maximum absolute atomic E-state index is 12.6. The Morgan fingerprint density at radius 3 is 2.89 bits per heavy atom. The molecule has 3 heterocycles. The lowest BCUT2D eigenvalue weighted by Crippen LogP contribution is -2.51. The third-order valence-electron chi connectivity index (χ3n) is 3.45. The van der Waals surface area contributed by atoms with E-state index >= 15 is 0 Å². The highest BCUT2D eigenvalue weighted by Gasteiger charge is 2.37. The molecule has 0 radical (unpaired) electrons. The van der Waals surface area contributed by atoms with Crippen LogP contribution < -0.4 is 0 Å². The second-order valence-electron chi connectivity index (χ2n) is 5.38. The van der Waals surface area contributed by atoms with E-state index in [1.807, 2.05) is 11.8 Å². The van der Waals surface area contributed by atoms with Gasteiger partial charge in [0.05, 0.1) is 6.54 Å². The van der Waals surface area contributed by atoms with Gasteiger partial charge in [0.2, 0.25) is 5.01 Å². The molecule has 0 spiro atoms. The van der Waals surface area contributed by atoms with Crippen molar-refractivity contribution >= 4 is 28.6 Å². The summed E-state index contributed by atoms with van der Waals surface area (Å²) in [4.78, 5) is 15.8. The highest BCUT2D eigenvalue weighted by Crippen LogP contribution is 2.34. The van der Waals surface area contributed by atoms with Crippen LogP contribution >= 0.6 is 22.7 Å². The van der Waals surface area contributed by atoms with E-state index in [0.717, 1.165) is 11.4 Å². The van der Waals surface area contributed by atoms with E-state index in [4.69, 9.17) is 0 Å². The van der Waals surface area contributed by atoms with E-state index in [1.165, 1.54) is 21.8 Å². The Morgan fingerprint density at radius 2 is 2.21 bits per heavy atom. The molecular weight excluding hydrogens is 278 g/mol. The van der Waals surface area contributed by atoms with Gasteiger partial charge >= 0.3 is 0 Å². The third-order valence-corrected chi connectivity index (χ3v) is 5.22. The van der Waals surface area contributed by atoms with Gasteiger partial charge in [0, 0.05) is 10.4 Å². The molecule has 4 nitrogen and oxygen atoms in total. The van der Waals surface area contributed by atoms with Gasteiger partial charge in [0.25, 0.3) is 5.91 Å². The molecule has 2 aromatic rings. The lowest BCUT2D eigenvalue weighted by atomic mass is 9.89. The standard InChI is InChI=1S/C13H15N3OS2/c1-8-14-15-11(19-8)12(17)16-7-10-9(4-5-18-10)6-13(16,2)3/h4-5H,6-7H2,1-3H3. The Hall–Kier alpha value is -1.27. The largest absolute Gasteiger partial charge is 0.326 e. The van der Waals surface area contributed by atoms with E-state index in [2.05, 4.69) is 35.5 Å². The molecule has 1 aliphatic rings. The number of nitrogens with zero attached hydrogens (tertiary/aromatic N) is 3. The molecule has 6 heteroatoms. The number of amides is 1. The molecule has 0 aromatic carbocycles. The van der Waals surface area contributed by atoms with Crippen LogP contribution in [0, 0.1) is 6.92 Å². The van der Waals surface area contributed by atoms with Gasteiger partial charge in [-0.1, -0.05) is 11.3 Å². The van der Waals surface area contributed by atoms with Gasteiger partial charge in [-0.05, 0) is 44.2 Å². The fraction of sp³-hybridized carbons (Fsp3) is 0.462. The normalized spacial score (nSPS) is 17.3. The molecule has 0 N–H and O–H groups in total. The minimum Gasteiger partial charge on any atom is -0.326 e. The first kappa shape index (κ1) is 12.7. The third kappa shape index (κ3) is 2.19. The lowest BCUT2D eigenvalue weighted by Gasteiger charge is -2.41. The average molecular weight is 293 g/mol. The summed E-state index contributed by atoms with van der Waals surface area (Å²) in [7, 11) is 0. The predicted octanol–water partition coefficient (Wildman–Crippen LogP) is 2.89. The molecule has 0 aliphatic carbocycles. The van der Waals surface area contributed by atoms with Crippen LogP contribution in [0.25, 0.3) is 0 Å². The van der Waals surface area contributed by atoms with Gasteiger partial charge in [-0.25, -0.2) is 0 Å². The number of hydrogen-bond acceptors (Lipinski definition) is 5. The quantitative estimate of drug-likeness (QED) is 0.812. The van der Waals surface area contributed by atoms with Gasteiger partial charge < -0.3 is 4.90 Å². The van der Waals surface area contributed by atoms with Gasteiger partial charge in [-0.15, -0.1) is 21.5 Å². The number of thiophene rings is 1.